The van der Waals surface area contributed by atoms with Gasteiger partial charge in [0.15, 0.2) is 5.69 Å². The maximum atomic E-state index is 13.8. The van der Waals surface area contributed by atoms with Crippen LogP contribution in [0.2, 0.25) is 10.0 Å². The van der Waals surface area contributed by atoms with Crippen molar-refractivity contribution >= 4 is 51.5 Å². The van der Waals surface area contributed by atoms with Crippen molar-refractivity contribution in [1.82, 2.24) is 19.1 Å². The third-order valence-electron chi connectivity index (χ3n) is 7.65. The van der Waals surface area contributed by atoms with E-state index in [0.717, 1.165) is 27.7 Å². The molecule has 2 aromatic heterocycles. The molecule has 0 aliphatic carbocycles. The molecule has 0 spiro atoms. The Balaban J connectivity index is 1.55. The zero-order chi connectivity index (χ0) is 29.3. The molecule has 9 nitrogen and oxygen atoms in total. The number of benzene rings is 3. The Bertz CT molecular complexity index is 1830. The van der Waals surface area contributed by atoms with Gasteiger partial charge in [0.25, 0.3) is 11.7 Å². The average Bonchev–Trinajstić information content (AvgIpc) is 3.61. The number of hydrogen-bond donors (Lipinski definition) is 1. The molecule has 42 heavy (non-hydrogen) atoms. The molecule has 5 aromatic rings. The maximum absolute atomic E-state index is 13.8. The van der Waals surface area contributed by atoms with E-state index < -0.39 is 17.9 Å². The highest BCUT2D eigenvalue weighted by molar-refractivity contribution is 6.31. The van der Waals surface area contributed by atoms with Gasteiger partial charge in [-0.25, -0.2) is 4.98 Å². The predicted molar refractivity (Wildman–Crippen MR) is 165 cm³/mol. The first kappa shape index (κ1) is 27.7. The summed E-state index contributed by atoms with van der Waals surface area (Å²) in [5, 5.41) is 15.5. The van der Waals surface area contributed by atoms with Crippen molar-refractivity contribution < 1.29 is 4.79 Å². The topological polar surface area (TPSA) is 111 Å². The van der Waals surface area contributed by atoms with Gasteiger partial charge in [-0.05, 0) is 53.9 Å². The second kappa shape index (κ2) is 11.4. The monoisotopic (exact) mass is 597 g/mol. The summed E-state index contributed by atoms with van der Waals surface area (Å²) < 4.78 is 1.54. The summed E-state index contributed by atoms with van der Waals surface area (Å²) in [5.41, 5.74) is 10.4. The Hall–Kier alpha value is -4.44. The normalized spacial score (nSPS) is 17.7. The van der Waals surface area contributed by atoms with Crippen LogP contribution >= 0.6 is 23.2 Å². The van der Waals surface area contributed by atoms with Gasteiger partial charge in [0.05, 0.1) is 35.1 Å². The number of fused-ring (bicyclic) bond motifs is 1. The lowest BCUT2D eigenvalue weighted by Crippen LogP contribution is -2.63. The first-order valence-corrected chi connectivity index (χ1v) is 14.1. The fourth-order valence-electron chi connectivity index (χ4n) is 5.69. The van der Waals surface area contributed by atoms with Crippen molar-refractivity contribution in [1.29, 1.82) is 0 Å². The summed E-state index contributed by atoms with van der Waals surface area (Å²) in [6.45, 7) is 0. The summed E-state index contributed by atoms with van der Waals surface area (Å²) in [6, 6.07) is 23.7. The highest BCUT2D eigenvalue weighted by atomic mass is 35.5. The molecule has 6 rings (SSSR count). The minimum absolute atomic E-state index is 0.344. The average molecular weight is 599 g/mol. The molecule has 1 amide bonds. The lowest BCUT2D eigenvalue weighted by Gasteiger charge is -2.37. The summed E-state index contributed by atoms with van der Waals surface area (Å²) in [5.74, 6) is -0.605. The van der Waals surface area contributed by atoms with Crippen LogP contribution in [-0.4, -0.2) is 32.3 Å². The highest BCUT2D eigenvalue weighted by Crippen LogP contribution is 2.42. The summed E-state index contributed by atoms with van der Waals surface area (Å²) in [7, 11) is 1.89. The van der Waals surface area contributed by atoms with Crippen molar-refractivity contribution in [3.63, 3.8) is 0 Å². The zero-order valence-corrected chi connectivity index (χ0v) is 24.2. The van der Waals surface area contributed by atoms with Crippen LogP contribution in [-0.2, 0) is 18.3 Å². The Morgan fingerprint density at radius 2 is 1.81 bits per heavy atom. The Kier molecular flexibility index (Phi) is 7.55. The molecular weight excluding hydrogens is 571 g/mol. The van der Waals surface area contributed by atoms with Gasteiger partial charge >= 0.3 is 0 Å². The van der Waals surface area contributed by atoms with E-state index in [1.807, 2.05) is 78.3 Å². The van der Waals surface area contributed by atoms with E-state index in [2.05, 4.69) is 20.3 Å². The SMILES string of the molecule is Cn1cncc1C(c1ccc2cccnc2c1)C(C(N)=O)[N+]1(c2ccc(Cl)cc2)N=NN=C1CCc1cccc(Cl)c1. The minimum Gasteiger partial charge on any atom is -0.364 e. The largest absolute Gasteiger partial charge is 0.364 e. The van der Waals surface area contributed by atoms with Crippen LogP contribution in [0.3, 0.4) is 0 Å². The third-order valence-corrected chi connectivity index (χ3v) is 8.14. The molecule has 3 unspecified atom stereocenters. The van der Waals surface area contributed by atoms with Crippen LogP contribution in [0, 0.1) is 0 Å². The molecule has 210 valence electrons. The van der Waals surface area contributed by atoms with Crippen LogP contribution in [0.15, 0.2) is 113 Å². The molecule has 3 aromatic carbocycles. The molecule has 11 heteroatoms. The van der Waals surface area contributed by atoms with E-state index >= 15 is 0 Å². The number of nitrogens with zero attached hydrogens (tertiary/aromatic N) is 7. The second-order valence-electron chi connectivity index (χ2n) is 10.2. The number of rotatable bonds is 9. The fourth-order valence-corrected chi connectivity index (χ4v) is 6.03. The number of hydrogen-bond acceptors (Lipinski definition) is 6. The van der Waals surface area contributed by atoms with Crippen LogP contribution in [0.5, 0.6) is 0 Å². The van der Waals surface area contributed by atoms with Crippen LogP contribution in [0.1, 0.15) is 29.2 Å². The van der Waals surface area contributed by atoms with Crippen molar-refractivity contribution in [3.05, 3.63) is 124 Å². The number of carbonyl (C=O) groups is 1. The van der Waals surface area contributed by atoms with Crippen LogP contribution in [0.25, 0.3) is 10.9 Å². The Labute approximate surface area is 252 Å². The molecule has 1 aliphatic heterocycles. The van der Waals surface area contributed by atoms with Gasteiger partial charge in [-0.3, -0.25) is 9.78 Å². The second-order valence-corrected chi connectivity index (χ2v) is 11.1. The number of pyridine rings is 1. The molecule has 0 fully saturated rings. The number of amidine groups is 1. The Morgan fingerprint density at radius 1 is 0.976 bits per heavy atom. The van der Waals surface area contributed by atoms with E-state index in [4.69, 9.17) is 34.2 Å². The molecule has 0 saturated heterocycles. The van der Waals surface area contributed by atoms with Crippen molar-refractivity contribution in [2.75, 3.05) is 0 Å². The number of aromatic nitrogens is 3. The number of aryl methyl sites for hydroxylation is 2. The van der Waals surface area contributed by atoms with Gasteiger partial charge in [0.2, 0.25) is 6.04 Å². The van der Waals surface area contributed by atoms with E-state index in [1.54, 1.807) is 30.9 Å². The third kappa shape index (κ3) is 5.07. The summed E-state index contributed by atoms with van der Waals surface area (Å²) in [6.07, 6.45) is 6.23. The number of nitrogens with two attached hydrogens (primary N) is 1. The van der Waals surface area contributed by atoms with Crippen molar-refractivity contribution in [2.24, 2.45) is 28.3 Å². The number of amides is 1. The lowest BCUT2D eigenvalue weighted by molar-refractivity contribution is -0.122. The smallest absolute Gasteiger partial charge is 0.280 e. The lowest BCUT2D eigenvalue weighted by atomic mass is 9.85. The summed E-state index contributed by atoms with van der Waals surface area (Å²) in [4.78, 5) is 22.8. The van der Waals surface area contributed by atoms with Gasteiger partial charge in [0.1, 0.15) is 0 Å². The number of halogens is 2. The molecular formula is C31H27Cl2N8O+. The standard InChI is InChI=1S/C31H26Cl2N8O/c1-40-19-35-18-27(40)29(22-9-8-21-5-3-15-36-26(21)17-22)30(31(34)42)41(25-12-10-23(32)11-13-25)28(37-38-39-41)14-7-20-4-2-6-24(33)16-20/h2-6,8-13,15-19,29-30H,7,14H2,1H3,(H-,34,42)/p+1. The Morgan fingerprint density at radius 3 is 2.55 bits per heavy atom. The predicted octanol–water partition coefficient (Wildman–Crippen LogP) is 6.60. The van der Waals surface area contributed by atoms with Crippen LogP contribution < -0.4 is 10.3 Å². The highest BCUT2D eigenvalue weighted by Gasteiger charge is 2.56. The van der Waals surface area contributed by atoms with E-state index in [-0.39, 0.29) is 4.59 Å². The van der Waals surface area contributed by atoms with E-state index in [1.165, 1.54) is 0 Å². The quantitative estimate of drug-likeness (QED) is 0.193. The zero-order valence-electron chi connectivity index (χ0n) is 22.7. The van der Waals surface area contributed by atoms with Crippen molar-refractivity contribution in [3.8, 4) is 0 Å². The number of carbonyl (C=O) groups excluding carboxylic acids is 1. The molecule has 1 aliphatic rings. The van der Waals surface area contributed by atoms with Gasteiger partial charge in [0, 0.05) is 52.2 Å². The number of imidazole rings is 1. The van der Waals surface area contributed by atoms with Gasteiger partial charge in [-0.2, -0.15) is 0 Å². The van der Waals surface area contributed by atoms with Gasteiger partial charge in [-0.15, -0.1) is 0 Å². The maximum Gasteiger partial charge on any atom is 0.280 e. The first-order chi connectivity index (χ1) is 20.4. The number of quaternary nitrogens is 1. The summed E-state index contributed by atoms with van der Waals surface area (Å²) >= 11 is 12.6. The molecule has 0 saturated carbocycles. The number of primary amides is 1. The van der Waals surface area contributed by atoms with E-state index in [9.17, 15) is 4.79 Å². The minimum atomic E-state index is -0.993. The fraction of sp³-hybridized carbons (Fsp3) is 0.161. The van der Waals surface area contributed by atoms with Crippen LogP contribution in [0.4, 0.5) is 5.69 Å². The molecule has 0 radical (unpaired) electrons. The van der Waals surface area contributed by atoms with E-state index in [0.29, 0.717) is 34.4 Å². The van der Waals surface area contributed by atoms with Crippen molar-refractivity contribution in [2.45, 2.75) is 24.8 Å². The molecule has 3 atom stereocenters. The molecule has 0 bridgehead atoms. The molecule has 3 heterocycles. The molecule has 2 N–H and O–H groups in total. The first-order valence-electron chi connectivity index (χ1n) is 13.4. The van der Waals surface area contributed by atoms with Gasteiger partial charge in [-0.1, -0.05) is 63.2 Å². The van der Waals surface area contributed by atoms with Gasteiger partial charge < -0.3 is 10.3 Å².